The molecule has 0 aliphatic carbocycles. The zero-order chi connectivity index (χ0) is 41.7. The van der Waals surface area contributed by atoms with Gasteiger partial charge in [0.05, 0.1) is 33.0 Å². The first-order valence-electron chi connectivity index (χ1n) is 20.8. The molecule has 5 atom stereocenters. The fraction of sp³-hybridized carbons (Fsp3) is 0.283. The first-order chi connectivity index (χ1) is 29.3. The number of halogens is 1. The van der Waals surface area contributed by atoms with Crippen LogP contribution < -0.4 is 0 Å². The van der Waals surface area contributed by atoms with Crippen LogP contribution in [0.1, 0.15) is 65.3 Å². The molecule has 1 N–H and O–H groups in total. The largest absolute Gasteiger partial charge is 0.507 e. The quantitative estimate of drug-likeness (QED) is 0.0871. The zero-order valence-electron chi connectivity index (χ0n) is 34.7. The van der Waals surface area contributed by atoms with Gasteiger partial charge in [-0.3, -0.25) is 0 Å². The lowest BCUT2D eigenvalue weighted by molar-refractivity contribution is -0.300. The van der Waals surface area contributed by atoms with E-state index in [2.05, 4.69) is 37.3 Å². The van der Waals surface area contributed by atoms with Crippen molar-refractivity contribution in [1.29, 1.82) is 0 Å². The molecule has 0 spiro atoms. The highest BCUT2D eigenvalue weighted by molar-refractivity contribution is 6.31. The number of phenolic OH excluding ortho intramolecular Hbond substituents is 1. The van der Waals surface area contributed by atoms with Crippen molar-refractivity contribution in [3.05, 3.63) is 219 Å². The van der Waals surface area contributed by atoms with Gasteiger partial charge < -0.3 is 28.8 Å². The first-order valence-corrected chi connectivity index (χ1v) is 21.2. The van der Waals surface area contributed by atoms with Gasteiger partial charge in [0.25, 0.3) is 0 Å². The van der Waals surface area contributed by atoms with Crippen molar-refractivity contribution in [3.8, 4) is 5.75 Å². The second kappa shape index (κ2) is 21.0. The van der Waals surface area contributed by atoms with Crippen molar-refractivity contribution >= 4 is 11.6 Å². The van der Waals surface area contributed by atoms with Crippen LogP contribution in [0.2, 0.25) is 5.02 Å². The summed E-state index contributed by atoms with van der Waals surface area (Å²) in [7, 11) is 0. The molecule has 5 unspecified atom stereocenters. The summed E-state index contributed by atoms with van der Waals surface area (Å²) in [5, 5.41) is 12.6. The van der Waals surface area contributed by atoms with E-state index in [1.165, 1.54) is 5.56 Å². The molecule has 0 aromatic heterocycles. The van der Waals surface area contributed by atoms with E-state index in [1.807, 2.05) is 141 Å². The van der Waals surface area contributed by atoms with Gasteiger partial charge in [0.15, 0.2) is 0 Å². The van der Waals surface area contributed by atoms with Gasteiger partial charge in [-0.05, 0) is 83.8 Å². The molecular weight excluding hydrogens is 768 g/mol. The van der Waals surface area contributed by atoms with Gasteiger partial charge in [0, 0.05) is 10.6 Å². The second-order valence-electron chi connectivity index (χ2n) is 15.7. The molecule has 0 bridgehead atoms. The maximum absolute atomic E-state index is 12.2. The lowest BCUT2D eigenvalue weighted by Gasteiger charge is -2.52. The maximum Gasteiger partial charge on any atom is 0.144 e. The van der Waals surface area contributed by atoms with Crippen molar-refractivity contribution in [2.45, 2.75) is 90.1 Å². The van der Waals surface area contributed by atoms with Crippen molar-refractivity contribution in [2.24, 2.45) is 0 Å². The fourth-order valence-corrected chi connectivity index (χ4v) is 8.14. The summed E-state index contributed by atoms with van der Waals surface area (Å²) in [6.45, 7) is 7.61. The molecule has 1 heterocycles. The summed E-state index contributed by atoms with van der Waals surface area (Å²) in [6.07, 6.45) is 0.690. The smallest absolute Gasteiger partial charge is 0.144 e. The Morgan fingerprint density at radius 1 is 0.617 bits per heavy atom. The molecule has 1 aliphatic heterocycles. The summed E-state index contributed by atoms with van der Waals surface area (Å²) in [6, 6.07) is 52.5. The molecule has 7 heteroatoms. The van der Waals surface area contributed by atoms with Crippen LogP contribution in [0, 0.1) is 0 Å². The summed E-state index contributed by atoms with van der Waals surface area (Å²) >= 11 is 6.99. The van der Waals surface area contributed by atoms with Crippen LogP contribution in [0.5, 0.6) is 5.75 Å². The van der Waals surface area contributed by atoms with E-state index in [4.69, 9.17) is 35.3 Å². The Balaban J connectivity index is 1.38. The van der Waals surface area contributed by atoms with Crippen LogP contribution in [0.15, 0.2) is 169 Å². The first kappa shape index (κ1) is 43.1. The van der Waals surface area contributed by atoms with E-state index in [-0.39, 0.29) is 25.6 Å². The molecule has 310 valence electrons. The molecule has 1 saturated heterocycles. The Kier molecular flexibility index (Phi) is 15.0. The van der Waals surface area contributed by atoms with Crippen molar-refractivity contribution in [2.75, 3.05) is 6.61 Å². The maximum atomic E-state index is 12.2. The zero-order valence-corrected chi connectivity index (χ0v) is 35.5. The van der Waals surface area contributed by atoms with Crippen LogP contribution in [-0.4, -0.2) is 36.1 Å². The van der Waals surface area contributed by atoms with Crippen LogP contribution in [0.4, 0.5) is 0 Å². The van der Waals surface area contributed by atoms with Crippen molar-refractivity contribution in [1.82, 2.24) is 0 Å². The molecule has 1 fully saturated rings. The SMILES string of the molecule is CCc1ccc(Cc2cc(C3(C=C(C)C)OC(COCc4ccccc4)C(OCc4ccccc4)C(OCc4ccccc4)C3OCc3ccccc3)c(O)cc2Cl)cc1. The Hall–Kier alpha value is -5.05. The van der Waals surface area contributed by atoms with Gasteiger partial charge in [0.1, 0.15) is 35.8 Å². The number of hydrogen-bond donors (Lipinski definition) is 1. The topological polar surface area (TPSA) is 66.4 Å². The fourth-order valence-electron chi connectivity index (χ4n) is 7.91. The minimum absolute atomic E-state index is 0.00897. The Morgan fingerprint density at radius 2 is 1.10 bits per heavy atom. The summed E-state index contributed by atoms with van der Waals surface area (Å²) in [5.41, 5.74) is 7.35. The van der Waals surface area contributed by atoms with Crippen LogP contribution in [-0.2, 0) is 68.6 Å². The summed E-state index contributed by atoms with van der Waals surface area (Å²) < 4.78 is 35.3. The normalized spacial score (nSPS) is 20.1. The van der Waals surface area contributed by atoms with E-state index in [0.717, 1.165) is 45.4 Å². The van der Waals surface area contributed by atoms with Gasteiger partial charge >= 0.3 is 0 Å². The molecule has 6 aromatic rings. The number of rotatable bonds is 18. The highest BCUT2D eigenvalue weighted by Crippen LogP contribution is 2.49. The van der Waals surface area contributed by atoms with E-state index < -0.39 is 30.0 Å². The van der Waals surface area contributed by atoms with Gasteiger partial charge in [0.2, 0.25) is 0 Å². The third kappa shape index (κ3) is 11.0. The number of benzene rings is 6. The molecule has 60 heavy (non-hydrogen) atoms. The van der Waals surface area contributed by atoms with E-state index >= 15 is 0 Å². The van der Waals surface area contributed by atoms with E-state index in [0.29, 0.717) is 30.2 Å². The third-order valence-electron chi connectivity index (χ3n) is 10.9. The number of ether oxygens (including phenoxy) is 5. The van der Waals surface area contributed by atoms with Crippen LogP contribution in [0.25, 0.3) is 0 Å². The molecule has 6 nitrogen and oxygen atoms in total. The lowest BCUT2D eigenvalue weighted by atomic mass is 9.77. The highest BCUT2D eigenvalue weighted by atomic mass is 35.5. The van der Waals surface area contributed by atoms with Gasteiger partial charge in [-0.15, -0.1) is 0 Å². The molecule has 0 radical (unpaired) electrons. The van der Waals surface area contributed by atoms with E-state index in [1.54, 1.807) is 6.07 Å². The minimum atomic E-state index is -1.39. The van der Waals surface area contributed by atoms with Crippen molar-refractivity contribution < 1.29 is 28.8 Å². The van der Waals surface area contributed by atoms with Crippen LogP contribution in [0.3, 0.4) is 0 Å². The number of aromatic hydroxyl groups is 1. The predicted molar refractivity (Wildman–Crippen MR) is 239 cm³/mol. The Labute approximate surface area is 360 Å². The number of aryl methyl sites for hydroxylation is 1. The standard InChI is InChI=1S/C53H55ClO6/c1-4-39-25-27-40(28-26-39)29-45-30-46(48(55)31-47(45)54)53(32-38(2)3)52(59-36-44-23-15-8-16-24-44)51(58-35-43-21-13-7-14-22-43)50(57-34-42-19-11-6-12-20-42)49(60-53)37-56-33-41-17-9-5-10-18-41/h5-28,30-32,49-52,55H,4,29,33-37H2,1-3H3. The number of allylic oxidation sites excluding steroid dienone is 1. The van der Waals surface area contributed by atoms with Gasteiger partial charge in [-0.1, -0.05) is 170 Å². The summed E-state index contributed by atoms with van der Waals surface area (Å²) in [5.74, 6) is -0.00897. The highest BCUT2D eigenvalue weighted by Gasteiger charge is 2.57. The molecule has 7 rings (SSSR count). The average molecular weight is 823 g/mol. The summed E-state index contributed by atoms with van der Waals surface area (Å²) in [4.78, 5) is 0. The molecule has 6 aromatic carbocycles. The number of phenols is 1. The lowest BCUT2D eigenvalue weighted by Crippen LogP contribution is -2.65. The Morgan fingerprint density at radius 3 is 1.62 bits per heavy atom. The van der Waals surface area contributed by atoms with Gasteiger partial charge in [-0.25, -0.2) is 0 Å². The number of hydrogen-bond acceptors (Lipinski definition) is 6. The second-order valence-corrected chi connectivity index (χ2v) is 16.1. The van der Waals surface area contributed by atoms with Crippen LogP contribution >= 0.6 is 11.6 Å². The average Bonchev–Trinajstić information content (AvgIpc) is 3.27. The molecule has 0 saturated carbocycles. The molecule has 1 aliphatic rings. The minimum Gasteiger partial charge on any atom is -0.507 e. The molecular formula is C53H55ClO6. The van der Waals surface area contributed by atoms with Crippen molar-refractivity contribution in [3.63, 3.8) is 0 Å². The van der Waals surface area contributed by atoms with Gasteiger partial charge in [-0.2, -0.15) is 0 Å². The molecule has 0 amide bonds. The van der Waals surface area contributed by atoms with E-state index in [9.17, 15) is 5.11 Å². The monoisotopic (exact) mass is 822 g/mol. The third-order valence-corrected chi connectivity index (χ3v) is 11.3. The Bertz CT molecular complexity index is 2240. The predicted octanol–water partition coefficient (Wildman–Crippen LogP) is 11.7.